The van der Waals surface area contributed by atoms with Crippen molar-refractivity contribution in [3.8, 4) is 0 Å². The molecule has 1 saturated heterocycles. The van der Waals surface area contributed by atoms with Crippen LogP contribution in [0.15, 0.2) is 42.5 Å². The first-order valence-electron chi connectivity index (χ1n) is 8.05. The summed E-state index contributed by atoms with van der Waals surface area (Å²) in [6, 6.07) is 10.2. The minimum atomic E-state index is -0.445. The van der Waals surface area contributed by atoms with Crippen molar-refractivity contribution in [2.45, 2.75) is 0 Å². The van der Waals surface area contributed by atoms with Gasteiger partial charge < -0.3 is 15.1 Å². The number of carbonyl (C=O) groups is 2. The fraction of sp³-hybridized carbons (Fsp3) is 0.278. The summed E-state index contributed by atoms with van der Waals surface area (Å²) < 4.78 is 12.9. The molecule has 0 spiro atoms. The number of amides is 2. The predicted molar refractivity (Wildman–Crippen MR) is 92.0 cm³/mol. The average molecular weight is 342 g/mol. The Labute approximate surface area is 145 Å². The van der Waals surface area contributed by atoms with Crippen molar-refractivity contribution in [1.29, 1.82) is 0 Å². The molecule has 1 aliphatic heterocycles. The molecule has 1 aromatic carbocycles. The van der Waals surface area contributed by atoms with Crippen LogP contribution in [-0.4, -0.2) is 59.8 Å². The molecule has 2 heterocycles. The number of halogens is 1. The monoisotopic (exact) mass is 342 g/mol. The summed E-state index contributed by atoms with van der Waals surface area (Å²) in [6.45, 7) is 2.92. The molecule has 0 radical (unpaired) electrons. The molecule has 0 aliphatic carbocycles. The van der Waals surface area contributed by atoms with E-state index in [0.29, 0.717) is 18.8 Å². The van der Waals surface area contributed by atoms with Crippen molar-refractivity contribution in [2.75, 3.05) is 38.5 Å². The van der Waals surface area contributed by atoms with Gasteiger partial charge in [-0.3, -0.25) is 9.59 Å². The molecule has 0 unspecified atom stereocenters. The van der Waals surface area contributed by atoms with Crippen molar-refractivity contribution in [3.05, 3.63) is 59.7 Å². The van der Waals surface area contributed by atoms with Gasteiger partial charge in [-0.15, -0.1) is 0 Å². The SMILES string of the molecule is CN1CCN(C(=O)c2cccc(C(=O)Nc3ccc(F)cc3)n2)CC1. The maximum atomic E-state index is 12.9. The summed E-state index contributed by atoms with van der Waals surface area (Å²) in [5.41, 5.74) is 0.851. The van der Waals surface area contributed by atoms with Crippen LogP contribution >= 0.6 is 0 Å². The molecule has 1 aliphatic rings. The van der Waals surface area contributed by atoms with E-state index in [4.69, 9.17) is 0 Å². The number of anilines is 1. The van der Waals surface area contributed by atoms with Crippen LogP contribution in [0.25, 0.3) is 0 Å². The third-order valence-corrected chi connectivity index (χ3v) is 4.09. The summed E-state index contributed by atoms with van der Waals surface area (Å²) in [4.78, 5) is 32.9. The number of piperazine rings is 1. The average Bonchev–Trinajstić information content (AvgIpc) is 2.64. The lowest BCUT2D eigenvalue weighted by atomic mass is 10.2. The van der Waals surface area contributed by atoms with Gasteiger partial charge in [0.2, 0.25) is 0 Å². The van der Waals surface area contributed by atoms with Gasteiger partial charge in [-0.05, 0) is 43.4 Å². The van der Waals surface area contributed by atoms with Gasteiger partial charge >= 0.3 is 0 Å². The van der Waals surface area contributed by atoms with E-state index in [2.05, 4.69) is 15.2 Å². The summed E-state index contributed by atoms with van der Waals surface area (Å²) in [5, 5.41) is 2.64. The lowest BCUT2D eigenvalue weighted by Crippen LogP contribution is -2.47. The minimum absolute atomic E-state index is 0.143. The van der Waals surface area contributed by atoms with Crippen LogP contribution in [0.2, 0.25) is 0 Å². The highest BCUT2D eigenvalue weighted by Gasteiger charge is 2.22. The van der Waals surface area contributed by atoms with E-state index >= 15 is 0 Å². The topological polar surface area (TPSA) is 65.5 Å². The summed E-state index contributed by atoms with van der Waals surface area (Å²) >= 11 is 0. The first kappa shape index (κ1) is 17.0. The lowest BCUT2D eigenvalue weighted by molar-refractivity contribution is 0.0658. The van der Waals surface area contributed by atoms with E-state index in [9.17, 15) is 14.0 Å². The Morgan fingerprint density at radius 1 is 1.00 bits per heavy atom. The fourth-order valence-corrected chi connectivity index (χ4v) is 2.58. The van der Waals surface area contributed by atoms with Gasteiger partial charge in [0.05, 0.1) is 0 Å². The summed E-state index contributed by atoms with van der Waals surface area (Å²) in [5.74, 6) is -1.000. The molecule has 130 valence electrons. The van der Waals surface area contributed by atoms with E-state index in [1.807, 2.05) is 7.05 Å². The number of nitrogens with zero attached hydrogens (tertiary/aromatic N) is 3. The van der Waals surface area contributed by atoms with Gasteiger partial charge in [-0.25, -0.2) is 9.37 Å². The number of likely N-dealkylation sites (N-methyl/N-ethyl adjacent to an activating group) is 1. The molecule has 0 saturated carbocycles. The molecule has 1 N–H and O–H groups in total. The molecule has 25 heavy (non-hydrogen) atoms. The van der Waals surface area contributed by atoms with Gasteiger partial charge in [-0.1, -0.05) is 6.07 Å². The first-order valence-corrected chi connectivity index (χ1v) is 8.05. The largest absolute Gasteiger partial charge is 0.335 e. The Bertz CT molecular complexity index is 771. The van der Waals surface area contributed by atoms with E-state index in [0.717, 1.165) is 13.1 Å². The van der Waals surface area contributed by atoms with Crippen molar-refractivity contribution >= 4 is 17.5 Å². The Morgan fingerprint density at radius 2 is 1.64 bits per heavy atom. The number of hydrogen-bond donors (Lipinski definition) is 1. The van der Waals surface area contributed by atoms with Crippen molar-refractivity contribution in [3.63, 3.8) is 0 Å². The number of hydrogen-bond acceptors (Lipinski definition) is 4. The van der Waals surface area contributed by atoms with E-state index in [-0.39, 0.29) is 23.1 Å². The second-order valence-electron chi connectivity index (χ2n) is 5.96. The van der Waals surface area contributed by atoms with Gasteiger partial charge in [-0.2, -0.15) is 0 Å². The zero-order valence-electron chi connectivity index (χ0n) is 13.9. The molecule has 1 aromatic heterocycles. The lowest BCUT2D eigenvalue weighted by Gasteiger charge is -2.32. The highest BCUT2D eigenvalue weighted by Crippen LogP contribution is 2.11. The van der Waals surface area contributed by atoms with E-state index in [1.54, 1.807) is 23.1 Å². The quantitative estimate of drug-likeness (QED) is 0.925. The van der Waals surface area contributed by atoms with E-state index < -0.39 is 5.91 Å². The zero-order valence-corrected chi connectivity index (χ0v) is 13.9. The van der Waals surface area contributed by atoms with Crippen LogP contribution in [0.1, 0.15) is 21.0 Å². The molecule has 2 aromatic rings. The van der Waals surface area contributed by atoms with Crippen LogP contribution in [-0.2, 0) is 0 Å². The molecule has 2 amide bonds. The van der Waals surface area contributed by atoms with E-state index in [1.165, 1.54) is 24.3 Å². The van der Waals surface area contributed by atoms with Crippen LogP contribution in [0, 0.1) is 5.82 Å². The Morgan fingerprint density at radius 3 is 2.32 bits per heavy atom. The standard InChI is InChI=1S/C18H19FN4O2/c1-22-9-11-23(12-10-22)18(25)16-4-2-3-15(21-16)17(24)20-14-7-5-13(19)6-8-14/h2-8H,9-12H2,1H3,(H,20,24). The molecule has 0 bridgehead atoms. The highest BCUT2D eigenvalue weighted by molar-refractivity contribution is 6.03. The van der Waals surface area contributed by atoms with Crippen LogP contribution in [0.3, 0.4) is 0 Å². The van der Waals surface area contributed by atoms with Crippen LogP contribution in [0.4, 0.5) is 10.1 Å². The first-order chi connectivity index (χ1) is 12.0. The Balaban J connectivity index is 1.71. The minimum Gasteiger partial charge on any atom is -0.335 e. The van der Waals surface area contributed by atoms with Crippen molar-refractivity contribution in [1.82, 2.24) is 14.8 Å². The molecule has 3 rings (SSSR count). The van der Waals surface area contributed by atoms with Crippen molar-refractivity contribution < 1.29 is 14.0 Å². The molecule has 7 heteroatoms. The maximum Gasteiger partial charge on any atom is 0.274 e. The highest BCUT2D eigenvalue weighted by atomic mass is 19.1. The fourth-order valence-electron chi connectivity index (χ4n) is 2.58. The number of carbonyl (C=O) groups excluding carboxylic acids is 2. The smallest absolute Gasteiger partial charge is 0.274 e. The van der Waals surface area contributed by atoms with Gasteiger partial charge in [0.15, 0.2) is 0 Å². The number of nitrogens with one attached hydrogen (secondary N) is 1. The summed E-state index contributed by atoms with van der Waals surface area (Å²) in [6.07, 6.45) is 0. The number of benzene rings is 1. The van der Waals surface area contributed by atoms with Gasteiger partial charge in [0, 0.05) is 31.9 Å². The number of aromatic nitrogens is 1. The molecular weight excluding hydrogens is 323 g/mol. The normalized spacial score (nSPS) is 15.0. The third-order valence-electron chi connectivity index (χ3n) is 4.09. The second kappa shape index (κ2) is 7.40. The van der Waals surface area contributed by atoms with Gasteiger partial charge in [0.1, 0.15) is 17.2 Å². The predicted octanol–water partition coefficient (Wildman–Crippen LogP) is 1.86. The molecule has 1 fully saturated rings. The van der Waals surface area contributed by atoms with Gasteiger partial charge in [0.25, 0.3) is 11.8 Å². The second-order valence-corrected chi connectivity index (χ2v) is 5.96. The number of rotatable bonds is 3. The van der Waals surface area contributed by atoms with Crippen molar-refractivity contribution in [2.24, 2.45) is 0 Å². The van der Waals surface area contributed by atoms with Crippen LogP contribution < -0.4 is 5.32 Å². The summed E-state index contributed by atoms with van der Waals surface area (Å²) in [7, 11) is 2.01. The maximum absolute atomic E-state index is 12.9. The third kappa shape index (κ3) is 4.19. The van der Waals surface area contributed by atoms with Crippen LogP contribution in [0.5, 0.6) is 0 Å². The Hall–Kier alpha value is -2.80. The molecule has 6 nitrogen and oxygen atoms in total. The number of pyridine rings is 1. The zero-order chi connectivity index (χ0) is 17.8. The Kier molecular flexibility index (Phi) is 5.04. The molecule has 0 atom stereocenters. The molecular formula is C18H19FN4O2.